The number of rotatable bonds is 9. The molecule has 0 saturated carbocycles. The molecular weight excluding hydrogens is 670 g/mol. The number of nitrogens with zero attached hydrogens (tertiary/aromatic N) is 3. The molecule has 5 heterocycles. The minimum Gasteiger partial charge on any atom is -0.494 e. The van der Waals surface area contributed by atoms with Gasteiger partial charge in [0.1, 0.15) is 48.7 Å². The van der Waals surface area contributed by atoms with Crippen molar-refractivity contribution in [1.82, 2.24) is 9.13 Å². The molecule has 0 spiro atoms. The molecule has 0 bridgehead atoms. The van der Waals surface area contributed by atoms with Crippen LogP contribution in [0.5, 0.6) is 5.88 Å². The summed E-state index contributed by atoms with van der Waals surface area (Å²) in [5.41, 5.74) is -2.05. The van der Waals surface area contributed by atoms with Crippen molar-refractivity contribution in [3.8, 4) is 5.88 Å². The predicted octanol–water partition coefficient (Wildman–Crippen LogP) is -0.858. The van der Waals surface area contributed by atoms with Gasteiger partial charge in [0.05, 0.1) is 6.61 Å². The first-order chi connectivity index (χ1) is 23.3. The third-order valence-corrected chi connectivity index (χ3v) is 8.39. The number of aromatic hydroxyl groups is 1. The lowest BCUT2D eigenvalue weighted by Crippen LogP contribution is -2.62. The fourth-order valence-corrected chi connectivity index (χ4v) is 6.33. The zero-order valence-electron chi connectivity index (χ0n) is 29.2. The van der Waals surface area contributed by atoms with E-state index < -0.39 is 115 Å². The minimum atomic E-state index is -1.45. The molecule has 19 heteroatoms. The third-order valence-electron chi connectivity index (χ3n) is 8.39. The Kier molecular flexibility index (Phi) is 10.6. The molecule has 1 aromatic rings. The summed E-state index contributed by atoms with van der Waals surface area (Å²) in [5, 5.41) is 10.7. The Bertz CT molecular complexity index is 1630. The van der Waals surface area contributed by atoms with Gasteiger partial charge in [-0.2, -0.15) is 0 Å². The molecule has 4 saturated heterocycles. The Balaban J connectivity index is 1.52. The van der Waals surface area contributed by atoms with Crippen LogP contribution in [0.15, 0.2) is 14.6 Å². The quantitative estimate of drug-likeness (QED) is 0.187. The van der Waals surface area contributed by atoms with Crippen LogP contribution in [0.4, 0.5) is 0 Å². The van der Waals surface area contributed by atoms with Crippen molar-refractivity contribution in [3.05, 3.63) is 26.4 Å². The minimum absolute atomic E-state index is 0.248. The lowest BCUT2D eigenvalue weighted by molar-refractivity contribution is -0.293. The van der Waals surface area contributed by atoms with E-state index in [0.717, 1.165) is 29.2 Å². The van der Waals surface area contributed by atoms with E-state index >= 15 is 0 Å². The van der Waals surface area contributed by atoms with E-state index in [9.17, 15) is 29.1 Å². The van der Waals surface area contributed by atoms with Crippen molar-refractivity contribution in [2.75, 3.05) is 13.2 Å². The smallest absolute Gasteiger partial charge is 0.333 e. The molecule has 0 aromatic carbocycles. The average molecular weight is 714 g/mol. The molecule has 4 aliphatic heterocycles. The summed E-state index contributed by atoms with van der Waals surface area (Å²) in [5.74, 6) is -4.93. The molecule has 5 rings (SSSR count). The highest BCUT2D eigenvalue weighted by Crippen LogP contribution is 2.44. The molecule has 1 N–H and O–H groups in total. The number of ether oxygens (including phenoxy) is 10. The lowest BCUT2D eigenvalue weighted by Gasteiger charge is -2.44. The maximum atomic E-state index is 13.0. The summed E-state index contributed by atoms with van der Waals surface area (Å²) in [6.45, 7) is 9.67. The number of carbonyl (C=O) groups is 3. The Morgan fingerprint density at radius 1 is 0.800 bits per heavy atom. The van der Waals surface area contributed by atoms with E-state index in [1.807, 2.05) is 0 Å². The fourth-order valence-electron chi connectivity index (χ4n) is 6.33. The van der Waals surface area contributed by atoms with Gasteiger partial charge in [-0.3, -0.25) is 33.3 Å². The van der Waals surface area contributed by atoms with Crippen LogP contribution < -0.4 is 11.2 Å². The average Bonchev–Trinajstić information content (AvgIpc) is 3.51. The number of aromatic nitrogens is 2. The lowest BCUT2D eigenvalue weighted by atomic mass is 9.96. The van der Waals surface area contributed by atoms with Gasteiger partial charge in [-0.25, -0.2) is 4.79 Å². The highest BCUT2D eigenvalue weighted by molar-refractivity contribution is 5.82. The highest BCUT2D eigenvalue weighted by Gasteiger charge is 2.61. The molecule has 4 fully saturated rings. The van der Waals surface area contributed by atoms with Gasteiger partial charge >= 0.3 is 23.6 Å². The highest BCUT2D eigenvalue weighted by atomic mass is 16.9. The number of hydrogen-bond donors (Lipinski definition) is 1. The zero-order chi connectivity index (χ0) is 36.9. The van der Waals surface area contributed by atoms with Crippen LogP contribution in [0.2, 0.25) is 0 Å². The second kappa shape index (κ2) is 14.1. The van der Waals surface area contributed by atoms with Crippen LogP contribution in [0, 0.1) is 0 Å². The topological polar surface area (TPSA) is 220 Å². The van der Waals surface area contributed by atoms with Crippen molar-refractivity contribution in [3.63, 3.8) is 0 Å². The number of fused-ring (bicyclic) bond motifs is 3. The van der Waals surface area contributed by atoms with E-state index in [1.54, 1.807) is 27.7 Å². The van der Waals surface area contributed by atoms with Crippen LogP contribution in [0.25, 0.3) is 0 Å². The van der Waals surface area contributed by atoms with Gasteiger partial charge < -0.3 is 52.5 Å². The van der Waals surface area contributed by atoms with Gasteiger partial charge in [-0.05, 0) is 27.7 Å². The summed E-state index contributed by atoms with van der Waals surface area (Å²) in [4.78, 5) is 66.2. The van der Waals surface area contributed by atoms with Gasteiger partial charge in [0.25, 0.3) is 5.56 Å². The molecule has 1 aromatic heterocycles. The Hall–Kier alpha value is -3.72. The Labute approximate surface area is 286 Å². The maximum absolute atomic E-state index is 13.0. The molecule has 10 atom stereocenters. The number of aliphatic imine (C=N–C) groups is 1. The molecule has 19 nitrogen and oxygen atoms in total. The van der Waals surface area contributed by atoms with E-state index in [1.165, 1.54) is 21.0 Å². The van der Waals surface area contributed by atoms with Gasteiger partial charge in [0.15, 0.2) is 36.4 Å². The number of esters is 3. The SMILES string of the molecule is CC(=O)OC[C@H]1O[C@@H](OC[C@H]2O[C@@H]3OC(C)(C)O[C@@H]3[C@H]3OC(C)(C)O[C@H]32)[C@H](N=Cc2c(O)n(C)c(=O)n(C)c2=O)[C@@H](OC(C)=O)[C@@H]1OC(C)=O. The van der Waals surface area contributed by atoms with Crippen LogP contribution in [0.1, 0.15) is 54.0 Å². The molecule has 4 aliphatic rings. The first-order valence-corrected chi connectivity index (χ1v) is 15.9. The Morgan fingerprint density at radius 3 is 2.04 bits per heavy atom. The van der Waals surface area contributed by atoms with E-state index in [-0.39, 0.29) is 12.2 Å². The fraction of sp³-hybridized carbons (Fsp3) is 0.742. The van der Waals surface area contributed by atoms with Crippen molar-refractivity contribution in [2.45, 2.75) is 121 Å². The first kappa shape index (κ1) is 37.5. The van der Waals surface area contributed by atoms with Crippen LogP contribution in [-0.4, -0.2) is 125 Å². The molecule has 0 amide bonds. The number of hydrogen-bond acceptors (Lipinski definition) is 17. The second-order valence-corrected chi connectivity index (χ2v) is 13.2. The third kappa shape index (κ3) is 7.78. The standard InChI is InChI=1S/C31H43N3O16/c1-13(35)41-11-17-20(43-14(2)36)22(44-15(3)37)19(32-10-16-25(38)33(8)29(40)34(9)26(16)39)27(45-17)42-12-18-21-23(48-30(4,5)47-21)24-28(46-18)50-31(6,7)49-24/h10,17-24,27-28,38H,11-12H2,1-9H3/t17-,18-,19-,20-,21+,22-,23+,24-,27-,28-/m1/s1. The van der Waals surface area contributed by atoms with Gasteiger partial charge in [-0.15, -0.1) is 0 Å². The largest absolute Gasteiger partial charge is 0.494 e. The van der Waals surface area contributed by atoms with E-state index in [0.29, 0.717) is 0 Å². The van der Waals surface area contributed by atoms with Gasteiger partial charge in [-0.1, -0.05) is 0 Å². The summed E-state index contributed by atoms with van der Waals surface area (Å²) >= 11 is 0. The second-order valence-electron chi connectivity index (χ2n) is 13.2. The van der Waals surface area contributed by atoms with Crippen LogP contribution >= 0.6 is 0 Å². The van der Waals surface area contributed by atoms with Crippen molar-refractivity contribution < 1.29 is 66.9 Å². The summed E-state index contributed by atoms with van der Waals surface area (Å²) in [6.07, 6.45) is -8.14. The van der Waals surface area contributed by atoms with Gasteiger partial charge in [0, 0.05) is 41.1 Å². The monoisotopic (exact) mass is 713 g/mol. The normalized spacial score (nSPS) is 34.2. The van der Waals surface area contributed by atoms with Crippen LogP contribution in [-0.2, 0) is 75.8 Å². The summed E-state index contributed by atoms with van der Waals surface area (Å²) < 4.78 is 61.0. The Morgan fingerprint density at radius 2 is 1.40 bits per heavy atom. The van der Waals surface area contributed by atoms with Crippen molar-refractivity contribution in [2.24, 2.45) is 19.1 Å². The van der Waals surface area contributed by atoms with Crippen molar-refractivity contribution in [1.29, 1.82) is 0 Å². The predicted molar refractivity (Wildman–Crippen MR) is 165 cm³/mol. The maximum Gasteiger partial charge on any atom is 0.333 e. The molecule has 0 unspecified atom stereocenters. The molecular formula is C31H43N3O16. The molecule has 278 valence electrons. The van der Waals surface area contributed by atoms with Crippen LogP contribution in [0.3, 0.4) is 0 Å². The van der Waals surface area contributed by atoms with Gasteiger partial charge in [0.2, 0.25) is 5.88 Å². The molecule has 0 radical (unpaired) electrons. The first-order valence-electron chi connectivity index (χ1n) is 15.9. The number of carbonyl (C=O) groups excluding carboxylic acids is 3. The summed E-state index contributed by atoms with van der Waals surface area (Å²) in [7, 11) is 2.47. The molecule has 50 heavy (non-hydrogen) atoms. The van der Waals surface area contributed by atoms with E-state index in [2.05, 4.69) is 4.99 Å². The summed E-state index contributed by atoms with van der Waals surface area (Å²) in [6, 6.07) is -1.38. The van der Waals surface area contributed by atoms with E-state index in [4.69, 9.17) is 47.4 Å². The molecule has 0 aliphatic carbocycles. The van der Waals surface area contributed by atoms with Crippen molar-refractivity contribution >= 4 is 24.1 Å². The zero-order valence-corrected chi connectivity index (χ0v) is 29.2.